The smallest absolute Gasteiger partial charge is 0.160 e. The summed E-state index contributed by atoms with van der Waals surface area (Å²) in [6, 6.07) is 6.03. The summed E-state index contributed by atoms with van der Waals surface area (Å²) in [4.78, 5) is 9.89. The van der Waals surface area contributed by atoms with E-state index in [4.69, 9.17) is 5.26 Å². The molecule has 0 N–H and O–H groups in total. The largest absolute Gasteiger partial charge is 0.288 e. The van der Waals surface area contributed by atoms with Crippen molar-refractivity contribution in [1.29, 1.82) is 5.26 Å². The van der Waals surface area contributed by atoms with Gasteiger partial charge >= 0.3 is 0 Å². The predicted octanol–water partition coefficient (Wildman–Crippen LogP) is 2.95. The number of imidazole rings is 1. The number of aromatic nitrogens is 3. The SMILES string of the molecule is Cc1ncn2c(C)cc(-c3cc(C#N)cs3)nc12. The molecule has 0 unspecified atom stereocenters. The quantitative estimate of drug-likeness (QED) is 0.671. The van der Waals surface area contributed by atoms with Crippen molar-refractivity contribution in [2.24, 2.45) is 0 Å². The van der Waals surface area contributed by atoms with Crippen LogP contribution in [0.5, 0.6) is 0 Å². The number of rotatable bonds is 1. The van der Waals surface area contributed by atoms with Crippen LogP contribution in [-0.4, -0.2) is 14.4 Å². The first-order valence-corrected chi connectivity index (χ1v) is 6.37. The topological polar surface area (TPSA) is 54.0 Å². The Morgan fingerprint density at radius 1 is 1.33 bits per heavy atom. The summed E-state index contributed by atoms with van der Waals surface area (Å²) in [5.41, 5.74) is 4.45. The zero-order valence-electron chi connectivity index (χ0n) is 10.0. The van der Waals surface area contributed by atoms with Gasteiger partial charge in [0.15, 0.2) is 5.65 Å². The van der Waals surface area contributed by atoms with Gasteiger partial charge in [0.25, 0.3) is 0 Å². The molecule has 0 saturated heterocycles. The molecular weight excluding hydrogens is 244 g/mol. The highest BCUT2D eigenvalue weighted by Crippen LogP contribution is 2.27. The van der Waals surface area contributed by atoms with Crippen molar-refractivity contribution in [3.05, 3.63) is 40.8 Å². The van der Waals surface area contributed by atoms with E-state index in [1.165, 1.54) is 11.3 Å². The number of hydrogen-bond acceptors (Lipinski definition) is 4. The normalized spacial score (nSPS) is 10.7. The molecule has 0 aliphatic heterocycles. The van der Waals surface area contributed by atoms with Crippen molar-refractivity contribution < 1.29 is 0 Å². The molecule has 0 bridgehead atoms. The van der Waals surface area contributed by atoms with E-state index in [9.17, 15) is 0 Å². The van der Waals surface area contributed by atoms with Gasteiger partial charge < -0.3 is 0 Å². The minimum Gasteiger partial charge on any atom is -0.288 e. The van der Waals surface area contributed by atoms with Crippen LogP contribution in [0, 0.1) is 25.2 Å². The van der Waals surface area contributed by atoms with Gasteiger partial charge in [-0.3, -0.25) is 4.40 Å². The lowest BCUT2D eigenvalue weighted by atomic mass is 10.2. The second kappa shape index (κ2) is 3.93. The average Bonchev–Trinajstić information content (AvgIpc) is 2.97. The van der Waals surface area contributed by atoms with Crippen molar-refractivity contribution in [2.75, 3.05) is 0 Å². The number of fused-ring (bicyclic) bond motifs is 1. The van der Waals surface area contributed by atoms with Crippen LogP contribution in [0.1, 0.15) is 17.0 Å². The molecule has 3 aromatic rings. The zero-order valence-corrected chi connectivity index (χ0v) is 10.8. The van der Waals surface area contributed by atoms with Crippen molar-refractivity contribution >= 4 is 17.0 Å². The van der Waals surface area contributed by atoms with Gasteiger partial charge in [0.2, 0.25) is 0 Å². The van der Waals surface area contributed by atoms with Crippen LogP contribution in [0.3, 0.4) is 0 Å². The standard InChI is InChI=1S/C13H10N4S/c1-8-3-11(12-4-10(5-14)6-18-12)16-13-9(2)15-7-17(8)13/h3-4,6-7H,1-2H3. The molecule has 0 fully saturated rings. The van der Waals surface area contributed by atoms with Crippen LogP contribution in [-0.2, 0) is 0 Å². The van der Waals surface area contributed by atoms with Gasteiger partial charge in [-0.05, 0) is 26.0 Å². The lowest BCUT2D eigenvalue weighted by Gasteiger charge is -2.03. The summed E-state index contributed by atoms with van der Waals surface area (Å²) in [6.07, 6.45) is 1.78. The molecule has 0 spiro atoms. The molecule has 0 aliphatic rings. The second-order valence-corrected chi connectivity index (χ2v) is 5.03. The molecule has 5 heteroatoms. The highest BCUT2D eigenvalue weighted by molar-refractivity contribution is 7.13. The monoisotopic (exact) mass is 254 g/mol. The minimum absolute atomic E-state index is 0.680. The lowest BCUT2D eigenvalue weighted by Crippen LogP contribution is -1.94. The highest BCUT2D eigenvalue weighted by Gasteiger charge is 2.09. The summed E-state index contributed by atoms with van der Waals surface area (Å²) in [5, 5.41) is 10.7. The number of aryl methyl sites for hydroxylation is 2. The fourth-order valence-corrected chi connectivity index (χ4v) is 2.69. The van der Waals surface area contributed by atoms with E-state index in [0.29, 0.717) is 5.56 Å². The van der Waals surface area contributed by atoms with Gasteiger partial charge in [-0.25, -0.2) is 9.97 Å². The van der Waals surface area contributed by atoms with Crippen LogP contribution in [0.4, 0.5) is 0 Å². The van der Waals surface area contributed by atoms with E-state index < -0.39 is 0 Å². The maximum absolute atomic E-state index is 8.86. The Morgan fingerprint density at radius 3 is 2.89 bits per heavy atom. The van der Waals surface area contributed by atoms with E-state index in [0.717, 1.165) is 27.6 Å². The fourth-order valence-electron chi connectivity index (χ4n) is 1.89. The first-order chi connectivity index (χ1) is 8.69. The predicted molar refractivity (Wildman–Crippen MR) is 70.5 cm³/mol. The zero-order chi connectivity index (χ0) is 12.7. The molecule has 0 atom stereocenters. The Balaban J connectivity index is 2.23. The van der Waals surface area contributed by atoms with Crippen LogP contribution >= 0.6 is 11.3 Å². The molecule has 0 aromatic carbocycles. The molecule has 0 saturated carbocycles. The van der Waals surface area contributed by atoms with E-state index in [-0.39, 0.29) is 0 Å². The maximum atomic E-state index is 8.86. The van der Waals surface area contributed by atoms with Crippen LogP contribution in [0.15, 0.2) is 23.8 Å². The number of thiophene rings is 1. The van der Waals surface area contributed by atoms with Crippen molar-refractivity contribution in [3.63, 3.8) is 0 Å². The first kappa shape index (κ1) is 10.9. The Hall–Kier alpha value is -2.19. The van der Waals surface area contributed by atoms with Crippen LogP contribution in [0.25, 0.3) is 16.2 Å². The Kier molecular flexibility index (Phi) is 2.39. The number of nitriles is 1. The molecule has 0 amide bonds. The summed E-state index contributed by atoms with van der Waals surface area (Å²) in [5.74, 6) is 0. The molecule has 3 heterocycles. The third-order valence-electron chi connectivity index (χ3n) is 2.85. The molecule has 4 nitrogen and oxygen atoms in total. The summed E-state index contributed by atoms with van der Waals surface area (Å²) in [6.45, 7) is 3.97. The van der Waals surface area contributed by atoms with Crippen LogP contribution < -0.4 is 0 Å². The first-order valence-electron chi connectivity index (χ1n) is 5.49. The fraction of sp³-hybridized carbons (Fsp3) is 0.154. The minimum atomic E-state index is 0.680. The van der Waals surface area contributed by atoms with Gasteiger partial charge in [-0.1, -0.05) is 0 Å². The summed E-state index contributed by atoms with van der Waals surface area (Å²) >= 11 is 1.54. The van der Waals surface area contributed by atoms with Gasteiger partial charge in [0.1, 0.15) is 12.4 Å². The molecule has 18 heavy (non-hydrogen) atoms. The van der Waals surface area contributed by atoms with Crippen molar-refractivity contribution in [2.45, 2.75) is 13.8 Å². The second-order valence-electron chi connectivity index (χ2n) is 4.12. The van der Waals surface area contributed by atoms with Gasteiger partial charge in [0, 0.05) is 11.1 Å². The van der Waals surface area contributed by atoms with E-state index in [1.54, 1.807) is 6.33 Å². The molecule has 0 radical (unpaired) electrons. The van der Waals surface area contributed by atoms with E-state index >= 15 is 0 Å². The Morgan fingerprint density at radius 2 is 2.17 bits per heavy atom. The number of hydrogen-bond donors (Lipinski definition) is 0. The van der Waals surface area contributed by atoms with Gasteiger partial charge in [0.05, 0.1) is 21.8 Å². The third-order valence-corrected chi connectivity index (χ3v) is 3.80. The average molecular weight is 254 g/mol. The molecular formula is C13H10N4S. The Labute approximate surface area is 108 Å². The van der Waals surface area contributed by atoms with Crippen molar-refractivity contribution in [1.82, 2.24) is 14.4 Å². The van der Waals surface area contributed by atoms with Gasteiger partial charge in [-0.15, -0.1) is 11.3 Å². The van der Waals surface area contributed by atoms with E-state index in [1.807, 2.05) is 35.8 Å². The summed E-state index contributed by atoms with van der Waals surface area (Å²) in [7, 11) is 0. The van der Waals surface area contributed by atoms with Crippen molar-refractivity contribution in [3.8, 4) is 16.6 Å². The molecule has 0 aliphatic carbocycles. The lowest BCUT2D eigenvalue weighted by molar-refractivity contribution is 1.04. The molecule has 3 rings (SSSR count). The maximum Gasteiger partial charge on any atom is 0.160 e. The Bertz CT molecular complexity index is 776. The highest BCUT2D eigenvalue weighted by atomic mass is 32.1. The van der Waals surface area contributed by atoms with Gasteiger partial charge in [-0.2, -0.15) is 5.26 Å². The summed E-state index contributed by atoms with van der Waals surface area (Å²) < 4.78 is 1.97. The number of nitrogens with zero attached hydrogens (tertiary/aromatic N) is 4. The van der Waals surface area contributed by atoms with E-state index in [2.05, 4.69) is 16.0 Å². The van der Waals surface area contributed by atoms with Crippen LogP contribution in [0.2, 0.25) is 0 Å². The molecule has 3 aromatic heterocycles. The molecule has 88 valence electrons. The third kappa shape index (κ3) is 1.59.